The van der Waals surface area contributed by atoms with Gasteiger partial charge in [0.1, 0.15) is 17.1 Å². The quantitative estimate of drug-likeness (QED) is 0.873. The second-order valence-corrected chi connectivity index (χ2v) is 5.05. The maximum Gasteiger partial charge on any atom is 0.128 e. The number of rotatable bonds is 3. The molecule has 1 aliphatic heterocycles. The third kappa shape index (κ3) is 2.39. The molecule has 0 fully saturated rings. The highest BCUT2D eigenvalue weighted by atomic mass is 16.5. The Hall–Kier alpha value is -1.22. The zero-order valence-electron chi connectivity index (χ0n) is 11.0. The molecular weight excluding hydrogens is 214 g/mol. The molecule has 94 valence electrons. The molecule has 1 heterocycles. The molecule has 0 amide bonds. The molecule has 1 unspecified atom stereocenters. The molecule has 1 aromatic carbocycles. The molecule has 0 radical (unpaired) electrons. The van der Waals surface area contributed by atoms with Gasteiger partial charge in [-0.3, -0.25) is 0 Å². The number of benzene rings is 1. The summed E-state index contributed by atoms with van der Waals surface area (Å²) >= 11 is 0. The Kier molecular flexibility index (Phi) is 3.29. The fourth-order valence-electron chi connectivity index (χ4n) is 2.49. The summed E-state index contributed by atoms with van der Waals surface area (Å²) in [6.45, 7) is 7.31. The fraction of sp³-hybridized carbons (Fsp3) is 0.571. The minimum Gasteiger partial charge on any atom is -0.496 e. The molecule has 17 heavy (non-hydrogen) atoms. The Balaban J connectivity index is 2.45. The molecule has 1 atom stereocenters. The normalized spacial score (nSPS) is 21.5. The summed E-state index contributed by atoms with van der Waals surface area (Å²) in [7, 11) is 1.71. The predicted molar refractivity (Wildman–Crippen MR) is 68.7 cm³/mol. The molecule has 0 saturated carbocycles. The Bertz CT molecular complexity index is 401. The first-order chi connectivity index (χ1) is 8.07. The maximum atomic E-state index is 6.02. The average Bonchev–Trinajstić information content (AvgIpc) is 2.26. The van der Waals surface area contributed by atoms with Crippen LogP contribution in [0, 0.1) is 0 Å². The SMILES string of the molecule is CCNC1CC(C)(C)Oc2cccc(OC)c21. The summed E-state index contributed by atoms with van der Waals surface area (Å²) in [5.41, 5.74) is 1.02. The number of ether oxygens (including phenoxy) is 2. The van der Waals surface area contributed by atoms with Gasteiger partial charge < -0.3 is 14.8 Å². The predicted octanol–water partition coefficient (Wildman–Crippen LogP) is 2.91. The van der Waals surface area contributed by atoms with Gasteiger partial charge in [0.15, 0.2) is 0 Å². The van der Waals surface area contributed by atoms with Gasteiger partial charge in [0, 0.05) is 12.5 Å². The van der Waals surface area contributed by atoms with Gasteiger partial charge in [-0.25, -0.2) is 0 Å². The van der Waals surface area contributed by atoms with Gasteiger partial charge in [0.2, 0.25) is 0 Å². The van der Waals surface area contributed by atoms with Gasteiger partial charge in [-0.15, -0.1) is 0 Å². The Morgan fingerprint density at radius 1 is 1.47 bits per heavy atom. The summed E-state index contributed by atoms with van der Waals surface area (Å²) in [4.78, 5) is 0. The van der Waals surface area contributed by atoms with Crippen molar-refractivity contribution in [3.05, 3.63) is 23.8 Å². The summed E-state index contributed by atoms with van der Waals surface area (Å²) < 4.78 is 11.5. The van der Waals surface area contributed by atoms with E-state index in [0.717, 1.165) is 30.0 Å². The van der Waals surface area contributed by atoms with Gasteiger partial charge in [0.05, 0.1) is 12.7 Å². The minimum atomic E-state index is -0.133. The molecule has 2 rings (SSSR count). The summed E-state index contributed by atoms with van der Waals surface area (Å²) in [6.07, 6.45) is 0.953. The lowest BCUT2D eigenvalue weighted by molar-refractivity contribution is 0.0652. The van der Waals surface area contributed by atoms with Crippen molar-refractivity contribution in [3.63, 3.8) is 0 Å². The standard InChI is InChI=1S/C14H21NO2/c1-5-15-10-9-14(2,3)17-12-8-6-7-11(16-4)13(10)12/h6-8,10,15H,5,9H2,1-4H3. The van der Waals surface area contributed by atoms with Gasteiger partial charge in [-0.1, -0.05) is 13.0 Å². The van der Waals surface area contributed by atoms with Crippen molar-refractivity contribution in [2.45, 2.75) is 38.8 Å². The summed E-state index contributed by atoms with van der Waals surface area (Å²) in [5, 5.41) is 3.51. The lowest BCUT2D eigenvalue weighted by atomic mass is 9.89. The first-order valence-corrected chi connectivity index (χ1v) is 6.16. The lowest BCUT2D eigenvalue weighted by Gasteiger charge is -2.38. The zero-order chi connectivity index (χ0) is 12.5. The number of hydrogen-bond donors (Lipinski definition) is 1. The van der Waals surface area contributed by atoms with Crippen LogP contribution < -0.4 is 14.8 Å². The molecular formula is C14H21NO2. The van der Waals surface area contributed by atoms with E-state index in [4.69, 9.17) is 9.47 Å². The van der Waals surface area contributed by atoms with Crippen LogP contribution in [0.4, 0.5) is 0 Å². The Morgan fingerprint density at radius 2 is 2.24 bits per heavy atom. The van der Waals surface area contributed by atoms with Crippen LogP contribution in [0.15, 0.2) is 18.2 Å². The van der Waals surface area contributed by atoms with Gasteiger partial charge in [-0.2, -0.15) is 0 Å². The highest BCUT2D eigenvalue weighted by Gasteiger charge is 2.35. The van der Waals surface area contributed by atoms with E-state index in [1.54, 1.807) is 7.11 Å². The largest absolute Gasteiger partial charge is 0.496 e. The second kappa shape index (κ2) is 4.57. The van der Waals surface area contributed by atoms with E-state index in [0.29, 0.717) is 6.04 Å². The highest BCUT2D eigenvalue weighted by Crippen LogP contribution is 2.43. The molecule has 0 saturated heterocycles. The van der Waals surface area contributed by atoms with Crippen LogP contribution in [0.5, 0.6) is 11.5 Å². The third-order valence-electron chi connectivity index (χ3n) is 3.13. The third-order valence-corrected chi connectivity index (χ3v) is 3.13. The van der Waals surface area contributed by atoms with Crippen LogP contribution in [-0.2, 0) is 0 Å². The monoisotopic (exact) mass is 235 g/mol. The maximum absolute atomic E-state index is 6.02. The number of nitrogens with one attached hydrogen (secondary N) is 1. The van der Waals surface area contributed by atoms with Crippen LogP contribution >= 0.6 is 0 Å². The van der Waals surface area contributed by atoms with Crippen molar-refractivity contribution in [1.29, 1.82) is 0 Å². The summed E-state index contributed by atoms with van der Waals surface area (Å²) in [5.74, 6) is 1.84. The molecule has 0 spiro atoms. The molecule has 3 heteroatoms. The van der Waals surface area contributed by atoms with Gasteiger partial charge in [-0.05, 0) is 32.5 Å². The number of fused-ring (bicyclic) bond motifs is 1. The van der Waals surface area contributed by atoms with Crippen molar-refractivity contribution in [2.75, 3.05) is 13.7 Å². The molecule has 0 bridgehead atoms. The van der Waals surface area contributed by atoms with E-state index >= 15 is 0 Å². The van der Waals surface area contributed by atoms with Crippen LogP contribution in [0.25, 0.3) is 0 Å². The molecule has 1 N–H and O–H groups in total. The van der Waals surface area contributed by atoms with Crippen LogP contribution in [-0.4, -0.2) is 19.3 Å². The number of hydrogen-bond acceptors (Lipinski definition) is 3. The average molecular weight is 235 g/mol. The van der Waals surface area contributed by atoms with Gasteiger partial charge in [0.25, 0.3) is 0 Å². The fourth-order valence-corrected chi connectivity index (χ4v) is 2.49. The Labute approximate surface area is 103 Å². The molecule has 0 aromatic heterocycles. The van der Waals surface area contributed by atoms with Gasteiger partial charge >= 0.3 is 0 Å². The van der Waals surface area contributed by atoms with E-state index in [-0.39, 0.29) is 5.60 Å². The van der Waals surface area contributed by atoms with E-state index in [9.17, 15) is 0 Å². The molecule has 0 aliphatic carbocycles. The van der Waals surface area contributed by atoms with Crippen LogP contribution in [0.3, 0.4) is 0 Å². The minimum absolute atomic E-state index is 0.133. The van der Waals surface area contributed by atoms with Crippen molar-refractivity contribution >= 4 is 0 Å². The van der Waals surface area contributed by atoms with E-state index in [1.807, 2.05) is 18.2 Å². The smallest absolute Gasteiger partial charge is 0.128 e. The van der Waals surface area contributed by atoms with Crippen LogP contribution in [0.2, 0.25) is 0 Å². The number of methoxy groups -OCH3 is 1. The van der Waals surface area contributed by atoms with Crippen molar-refractivity contribution in [2.24, 2.45) is 0 Å². The molecule has 1 aromatic rings. The highest BCUT2D eigenvalue weighted by molar-refractivity contribution is 5.48. The van der Waals surface area contributed by atoms with Crippen LogP contribution in [0.1, 0.15) is 38.8 Å². The first-order valence-electron chi connectivity index (χ1n) is 6.16. The van der Waals surface area contributed by atoms with E-state index < -0.39 is 0 Å². The first kappa shape index (κ1) is 12.2. The van der Waals surface area contributed by atoms with E-state index in [2.05, 4.69) is 26.1 Å². The lowest BCUT2D eigenvalue weighted by Crippen LogP contribution is -2.39. The summed E-state index contributed by atoms with van der Waals surface area (Å²) in [6, 6.07) is 6.28. The second-order valence-electron chi connectivity index (χ2n) is 5.05. The van der Waals surface area contributed by atoms with E-state index in [1.165, 1.54) is 0 Å². The zero-order valence-corrected chi connectivity index (χ0v) is 11.0. The Morgan fingerprint density at radius 3 is 2.88 bits per heavy atom. The van der Waals surface area contributed by atoms with Crippen molar-refractivity contribution in [1.82, 2.24) is 5.32 Å². The molecule has 3 nitrogen and oxygen atoms in total. The molecule has 1 aliphatic rings. The van der Waals surface area contributed by atoms with Crippen molar-refractivity contribution < 1.29 is 9.47 Å². The topological polar surface area (TPSA) is 30.5 Å². The van der Waals surface area contributed by atoms with Crippen molar-refractivity contribution in [3.8, 4) is 11.5 Å².